The minimum atomic E-state index is 0.704. The lowest BCUT2D eigenvalue weighted by atomic mass is 10.2. The molecule has 2 nitrogen and oxygen atoms in total. The molecule has 0 radical (unpaired) electrons. The zero-order valence-corrected chi connectivity index (χ0v) is 8.85. The molecule has 0 bridgehead atoms. The summed E-state index contributed by atoms with van der Waals surface area (Å²) in [7, 11) is 1.74. The van der Waals surface area contributed by atoms with Crippen molar-refractivity contribution in [2.75, 3.05) is 7.05 Å². The van der Waals surface area contributed by atoms with Gasteiger partial charge in [0.1, 0.15) is 4.62 Å². The zero-order valence-electron chi connectivity index (χ0n) is 6.51. The van der Waals surface area contributed by atoms with Crippen molar-refractivity contribution in [1.29, 1.82) is 0 Å². The summed E-state index contributed by atoms with van der Waals surface area (Å²) in [5, 5.41) is 4.67. The Bertz CT molecular complexity index is 299. The van der Waals surface area contributed by atoms with E-state index in [0.29, 0.717) is 5.02 Å². The highest BCUT2D eigenvalue weighted by Gasteiger charge is 1.98. The number of hydrogen-bond acceptors (Lipinski definition) is 2. The van der Waals surface area contributed by atoms with Crippen LogP contribution >= 0.6 is 27.5 Å². The molecular weight excluding hydrogens is 239 g/mol. The van der Waals surface area contributed by atoms with Crippen LogP contribution in [0.25, 0.3) is 0 Å². The van der Waals surface area contributed by atoms with Gasteiger partial charge in [0.05, 0.1) is 0 Å². The number of benzene rings is 1. The SMILES string of the molecule is CNN=C(Br)c1cccc(Cl)c1. The lowest BCUT2D eigenvalue weighted by Gasteiger charge is -1.98. The first kappa shape index (κ1) is 9.55. The number of rotatable bonds is 2. The van der Waals surface area contributed by atoms with Gasteiger partial charge in [0, 0.05) is 17.6 Å². The van der Waals surface area contributed by atoms with E-state index in [0.717, 1.165) is 10.2 Å². The highest BCUT2D eigenvalue weighted by atomic mass is 79.9. The smallest absolute Gasteiger partial charge is 0.133 e. The van der Waals surface area contributed by atoms with Crippen molar-refractivity contribution >= 4 is 32.2 Å². The summed E-state index contributed by atoms with van der Waals surface area (Å²) in [4.78, 5) is 0. The normalized spacial score (nSPS) is 11.4. The molecule has 64 valence electrons. The lowest BCUT2D eigenvalue weighted by molar-refractivity contribution is 0.906. The molecule has 1 rings (SSSR count). The van der Waals surface area contributed by atoms with Crippen LogP contribution in [0.15, 0.2) is 29.4 Å². The van der Waals surface area contributed by atoms with E-state index in [1.165, 1.54) is 0 Å². The van der Waals surface area contributed by atoms with Gasteiger partial charge in [0.25, 0.3) is 0 Å². The van der Waals surface area contributed by atoms with E-state index in [-0.39, 0.29) is 0 Å². The Morgan fingerprint density at radius 3 is 2.92 bits per heavy atom. The van der Waals surface area contributed by atoms with Gasteiger partial charge in [-0.15, -0.1) is 0 Å². The molecule has 0 aliphatic heterocycles. The van der Waals surface area contributed by atoms with Crippen LogP contribution in [-0.4, -0.2) is 11.7 Å². The van der Waals surface area contributed by atoms with E-state index in [4.69, 9.17) is 11.6 Å². The molecule has 0 aliphatic rings. The fraction of sp³-hybridized carbons (Fsp3) is 0.125. The summed E-state index contributed by atoms with van der Waals surface area (Å²) in [5.41, 5.74) is 3.64. The van der Waals surface area contributed by atoms with E-state index >= 15 is 0 Å². The Hall–Kier alpha value is -0.540. The van der Waals surface area contributed by atoms with Crippen molar-refractivity contribution in [2.24, 2.45) is 5.10 Å². The van der Waals surface area contributed by atoms with Crippen LogP contribution in [-0.2, 0) is 0 Å². The van der Waals surface area contributed by atoms with Crippen LogP contribution < -0.4 is 5.43 Å². The Morgan fingerprint density at radius 2 is 2.33 bits per heavy atom. The predicted molar refractivity (Wildman–Crippen MR) is 56.0 cm³/mol. The number of nitrogens with one attached hydrogen (secondary N) is 1. The molecule has 1 aromatic carbocycles. The molecule has 0 aromatic heterocycles. The van der Waals surface area contributed by atoms with Gasteiger partial charge >= 0.3 is 0 Å². The molecular formula is C8H8BrClN2. The molecule has 0 aliphatic carbocycles. The summed E-state index contributed by atoms with van der Waals surface area (Å²) in [5.74, 6) is 0. The highest BCUT2D eigenvalue weighted by Crippen LogP contribution is 2.13. The van der Waals surface area contributed by atoms with Crippen LogP contribution in [0.4, 0.5) is 0 Å². The first-order chi connectivity index (χ1) is 5.74. The second-order valence-electron chi connectivity index (χ2n) is 2.14. The van der Waals surface area contributed by atoms with Crippen molar-refractivity contribution in [3.8, 4) is 0 Å². The van der Waals surface area contributed by atoms with Gasteiger partial charge in [0.15, 0.2) is 0 Å². The van der Waals surface area contributed by atoms with E-state index < -0.39 is 0 Å². The summed E-state index contributed by atoms with van der Waals surface area (Å²) in [6.07, 6.45) is 0. The average molecular weight is 248 g/mol. The van der Waals surface area contributed by atoms with E-state index in [1.54, 1.807) is 7.05 Å². The molecule has 1 N–H and O–H groups in total. The third-order valence-electron chi connectivity index (χ3n) is 1.27. The van der Waals surface area contributed by atoms with Crippen molar-refractivity contribution < 1.29 is 0 Å². The monoisotopic (exact) mass is 246 g/mol. The number of hydrazone groups is 1. The van der Waals surface area contributed by atoms with Gasteiger partial charge in [-0.3, -0.25) is 0 Å². The molecule has 0 atom stereocenters. The average Bonchev–Trinajstić information content (AvgIpc) is 2.05. The second kappa shape index (κ2) is 4.48. The molecule has 0 saturated heterocycles. The van der Waals surface area contributed by atoms with Gasteiger partial charge in [-0.1, -0.05) is 23.7 Å². The van der Waals surface area contributed by atoms with Crippen molar-refractivity contribution in [3.63, 3.8) is 0 Å². The number of nitrogens with zero attached hydrogens (tertiary/aromatic N) is 1. The van der Waals surface area contributed by atoms with Crippen LogP contribution in [0.2, 0.25) is 5.02 Å². The molecule has 0 unspecified atom stereocenters. The predicted octanol–water partition coefficient (Wildman–Crippen LogP) is 2.62. The van der Waals surface area contributed by atoms with Gasteiger partial charge in [-0.2, -0.15) is 5.10 Å². The highest BCUT2D eigenvalue weighted by molar-refractivity contribution is 9.18. The fourth-order valence-corrected chi connectivity index (χ4v) is 1.39. The van der Waals surface area contributed by atoms with Crippen LogP contribution in [0.5, 0.6) is 0 Å². The van der Waals surface area contributed by atoms with Crippen LogP contribution in [0.1, 0.15) is 5.56 Å². The number of hydrogen-bond donors (Lipinski definition) is 1. The maximum atomic E-state index is 5.79. The molecule has 0 heterocycles. The van der Waals surface area contributed by atoms with Gasteiger partial charge in [-0.25, -0.2) is 0 Å². The molecule has 0 saturated carbocycles. The van der Waals surface area contributed by atoms with E-state index in [9.17, 15) is 0 Å². The van der Waals surface area contributed by atoms with Gasteiger partial charge < -0.3 is 5.43 Å². The third-order valence-corrected chi connectivity index (χ3v) is 2.14. The summed E-state index contributed by atoms with van der Waals surface area (Å²) in [6.45, 7) is 0. The van der Waals surface area contributed by atoms with Crippen molar-refractivity contribution in [1.82, 2.24) is 5.43 Å². The Kier molecular flexibility index (Phi) is 3.56. The summed E-state index contributed by atoms with van der Waals surface area (Å²) in [6, 6.07) is 7.47. The minimum Gasteiger partial charge on any atom is -0.312 e. The lowest BCUT2D eigenvalue weighted by Crippen LogP contribution is -2.00. The van der Waals surface area contributed by atoms with Gasteiger partial charge in [0.2, 0.25) is 0 Å². The molecule has 1 aromatic rings. The number of halogens is 2. The van der Waals surface area contributed by atoms with E-state index in [2.05, 4.69) is 26.5 Å². The molecule has 0 amide bonds. The topological polar surface area (TPSA) is 24.4 Å². The molecule has 4 heteroatoms. The Balaban J connectivity index is 2.95. The van der Waals surface area contributed by atoms with Crippen LogP contribution in [0, 0.1) is 0 Å². The van der Waals surface area contributed by atoms with Crippen LogP contribution in [0.3, 0.4) is 0 Å². The minimum absolute atomic E-state index is 0.704. The van der Waals surface area contributed by atoms with Gasteiger partial charge in [-0.05, 0) is 28.1 Å². The summed E-state index contributed by atoms with van der Waals surface area (Å²) >= 11 is 9.10. The first-order valence-electron chi connectivity index (χ1n) is 3.40. The fourth-order valence-electron chi connectivity index (χ4n) is 0.780. The maximum Gasteiger partial charge on any atom is 0.133 e. The largest absolute Gasteiger partial charge is 0.312 e. The van der Waals surface area contributed by atoms with Crippen molar-refractivity contribution in [2.45, 2.75) is 0 Å². The molecule has 0 spiro atoms. The van der Waals surface area contributed by atoms with E-state index in [1.807, 2.05) is 24.3 Å². The first-order valence-corrected chi connectivity index (χ1v) is 4.57. The Morgan fingerprint density at radius 1 is 1.58 bits per heavy atom. The molecule has 0 fully saturated rings. The zero-order chi connectivity index (χ0) is 8.97. The third kappa shape index (κ3) is 2.50. The molecule has 12 heavy (non-hydrogen) atoms. The maximum absolute atomic E-state index is 5.79. The standard InChI is InChI=1S/C8H8BrClN2/c1-11-12-8(9)6-3-2-4-7(10)5-6/h2-5,11H,1H3. The van der Waals surface area contributed by atoms with Crippen molar-refractivity contribution in [3.05, 3.63) is 34.9 Å². The Labute approximate surface area is 84.7 Å². The quantitative estimate of drug-likeness (QED) is 0.630. The summed E-state index contributed by atoms with van der Waals surface area (Å²) < 4.78 is 0.743. The second-order valence-corrected chi connectivity index (χ2v) is 3.32.